The van der Waals surface area contributed by atoms with E-state index in [0.717, 1.165) is 15.7 Å². The highest BCUT2D eigenvalue weighted by Crippen LogP contribution is 2.26. The zero-order valence-electron chi connectivity index (χ0n) is 19.4. The molecule has 0 saturated carbocycles. The van der Waals surface area contributed by atoms with Gasteiger partial charge < -0.3 is 5.32 Å². The second-order valence-electron chi connectivity index (χ2n) is 7.41. The van der Waals surface area contributed by atoms with E-state index in [2.05, 4.69) is 31.0 Å². The molecule has 9 nitrogen and oxygen atoms in total. The van der Waals surface area contributed by atoms with Crippen LogP contribution in [0.2, 0.25) is 0 Å². The number of nitrogens with zero attached hydrogens (tertiary/aromatic N) is 5. The highest BCUT2D eigenvalue weighted by Gasteiger charge is 2.18. The van der Waals surface area contributed by atoms with Crippen LogP contribution in [0.15, 0.2) is 58.0 Å². The van der Waals surface area contributed by atoms with Crippen molar-refractivity contribution in [3.8, 4) is 5.69 Å². The third-order valence-electron chi connectivity index (χ3n) is 4.73. The van der Waals surface area contributed by atoms with Gasteiger partial charge in [-0.3, -0.25) is 19.5 Å². The van der Waals surface area contributed by atoms with Gasteiger partial charge in [0.1, 0.15) is 5.82 Å². The Morgan fingerprint density at radius 2 is 1.86 bits per heavy atom. The summed E-state index contributed by atoms with van der Waals surface area (Å²) in [6.07, 6.45) is 0. The first-order chi connectivity index (χ1) is 17.4. The summed E-state index contributed by atoms with van der Waals surface area (Å²) in [5.74, 6) is 0.449. The highest BCUT2D eigenvalue weighted by atomic mass is 32.2. The number of aromatic nitrogens is 5. The van der Waals surface area contributed by atoms with Gasteiger partial charge in [-0.2, -0.15) is 0 Å². The van der Waals surface area contributed by atoms with Crippen molar-refractivity contribution in [2.75, 3.05) is 16.8 Å². The predicted octanol–water partition coefficient (Wildman–Crippen LogP) is 4.34. The van der Waals surface area contributed by atoms with Crippen molar-refractivity contribution in [1.29, 1.82) is 0 Å². The maximum atomic E-state index is 13.5. The number of aryl methyl sites for hydroxylation is 1. The molecule has 0 fully saturated rings. The minimum atomic E-state index is -0.382. The Kier molecular flexibility index (Phi) is 8.67. The molecule has 2 N–H and O–H groups in total. The molecule has 186 valence electrons. The largest absolute Gasteiger partial charge is 0.345 e. The van der Waals surface area contributed by atoms with Crippen molar-refractivity contribution in [2.24, 2.45) is 0 Å². The maximum absolute atomic E-state index is 13.5. The summed E-state index contributed by atoms with van der Waals surface area (Å²) in [6, 6.07) is 13.1. The van der Waals surface area contributed by atoms with Crippen LogP contribution in [-0.4, -0.2) is 48.3 Å². The number of anilines is 1. The third-order valence-corrected chi connectivity index (χ3v) is 7.51. The van der Waals surface area contributed by atoms with Crippen molar-refractivity contribution >= 4 is 51.8 Å². The molecule has 0 spiro atoms. The smallest absolute Gasteiger partial charge is 0.251 e. The summed E-state index contributed by atoms with van der Waals surface area (Å²) in [5.41, 5.74) is 2.11. The number of nitrogens with one attached hydrogen (secondary N) is 2. The number of hydrogen-bond acceptors (Lipinski definition) is 9. The summed E-state index contributed by atoms with van der Waals surface area (Å²) in [6.45, 7) is 4.02. The Labute approximate surface area is 219 Å². The number of halogens is 1. The lowest BCUT2D eigenvalue weighted by atomic mass is 10.1. The van der Waals surface area contributed by atoms with Gasteiger partial charge in [-0.15, -0.1) is 20.4 Å². The molecule has 0 aliphatic carbocycles. The number of carbonyl (C=O) groups excluding carboxylic acids is 2. The molecule has 2 amide bonds. The molecule has 0 atom stereocenters. The molecule has 13 heteroatoms. The average molecular weight is 544 g/mol. The number of hydrogen-bond donors (Lipinski definition) is 2. The molecule has 2 heterocycles. The van der Waals surface area contributed by atoms with E-state index in [1.54, 1.807) is 40.6 Å². The standard InChI is InChI=1S/C23H22FN7O2S3/c1-3-34-23-30-28-21(36-23)26-19(32)13-35-22-29-27-18(31(22)17-9-7-16(24)8-10-17)12-25-20(33)15-6-4-5-14(2)11-15/h4-11H,3,12-13H2,1-2H3,(H,25,33)(H,26,28,32). The molecule has 2 aromatic heterocycles. The quantitative estimate of drug-likeness (QED) is 0.224. The predicted molar refractivity (Wildman–Crippen MR) is 139 cm³/mol. The molecule has 4 aromatic rings. The van der Waals surface area contributed by atoms with Gasteiger partial charge in [0, 0.05) is 11.3 Å². The van der Waals surface area contributed by atoms with Crippen LogP contribution in [0.5, 0.6) is 0 Å². The van der Waals surface area contributed by atoms with Crippen molar-refractivity contribution in [3.05, 3.63) is 71.3 Å². The fraction of sp³-hybridized carbons (Fsp3) is 0.217. The SMILES string of the molecule is CCSc1nnc(NC(=O)CSc2nnc(CNC(=O)c3cccc(C)c3)n2-c2ccc(F)cc2)s1. The Balaban J connectivity index is 1.47. The monoisotopic (exact) mass is 543 g/mol. The molecular formula is C23H22FN7O2S3. The van der Waals surface area contributed by atoms with Crippen LogP contribution < -0.4 is 10.6 Å². The minimum Gasteiger partial charge on any atom is -0.345 e. The van der Waals surface area contributed by atoms with Gasteiger partial charge in [0.15, 0.2) is 15.3 Å². The third kappa shape index (κ3) is 6.68. The summed E-state index contributed by atoms with van der Waals surface area (Å²) in [7, 11) is 0. The first-order valence-corrected chi connectivity index (χ1v) is 13.7. The maximum Gasteiger partial charge on any atom is 0.251 e. The minimum absolute atomic E-state index is 0.0464. The van der Waals surface area contributed by atoms with Gasteiger partial charge in [-0.1, -0.05) is 59.5 Å². The van der Waals surface area contributed by atoms with Gasteiger partial charge in [0.2, 0.25) is 11.0 Å². The average Bonchev–Trinajstić information content (AvgIpc) is 3.48. The first kappa shape index (κ1) is 25.8. The Bertz CT molecular complexity index is 1360. The van der Waals surface area contributed by atoms with Gasteiger partial charge in [-0.05, 0) is 49.1 Å². The zero-order valence-corrected chi connectivity index (χ0v) is 21.8. The number of rotatable bonds is 10. The van der Waals surface area contributed by atoms with E-state index in [-0.39, 0.29) is 29.9 Å². The Morgan fingerprint density at radius 3 is 2.61 bits per heavy atom. The van der Waals surface area contributed by atoms with E-state index in [4.69, 9.17) is 0 Å². The second kappa shape index (κ2) is 12.1. The van der Waals surface area contributed by atoms with Crippen LogP contribution >= 0.6 is 34.9 Å². The normalized spacial score (nSPS) is 10.9. The van der Waals surface area contributed by atoms with E-state index >= 15 is 0 Å². The van der Waals surface area contributed by atoms with Crippen molar-refractivity contribution in [3.63, 3.8) is 0 Å². The summed E-state index contributed by atoms with van der Waals surface area (Å²) >= 11 is 4.03. The molecule has 0 bridgehead atoms. The van der Waals surface area contributed by atoms with E-state index in [1.807, 2.05) is 26.0 Å². The van der Waals surface area contributed by atoms with Crippen LogP contribution in [0.4, 0.5) is 9.52 Å². The molecule has 0 unspecified atom stereocenters. The summed E-state index contributed by atoms with van der Waals surface area (Å²) in [5, 5.41) is 22.9. The first-order valence-electron chi connectivity index (χ1n) is 10.9. The second-order valence-corrected chi connectivity index (χ2v) is 10.8. The molecule has 0 radical (unpaired) electrons. The van der Waals surface area contributed by atoms with Gasteiger partial charge in [0.05, 0.1) is 12.3 Å². The Hall–Kier alpha value is -3.29. The molecule has 36 heavy (non-hydrogen) atoms. The van der Waals surface area contributed by atoms with Gasteiger partial charge in [0.25, 0.3) is 5.91 Å². The molecule has 2 aromatic carbocycles. The van der Waals surface area contributed by atoms with Crippen LogP contribution in [-0.2, 0) is 11.3 Å². The van der Waals surface area contributed by atoms with E-state index in [1.165, 1.54) is 35.2 Å². The fourth-order valence-corrected chi connectivity index (χ4v) is 5.57. The lowest BCUT2D eigenvalue weighted by molar-refractivity contribution is -0.113. The lowest BCUT2D eigenvalue weighted by Gasteiger charge is -2.11. The summed E-state index contributed by atoms with van der Waals surface area (Å²) in [4.78, 5) is 25.1. The van der Waals surface area contributed by atoms with Crippen LogP contribution in [0.1, 0.15) is 28.7 Å². The van der Waals surface area contributed by atoms with Crippen LogP contribution in [0.3, 0.4) is 0 Å². The van der Waals surface area contributed by atoms with Crippen molar-refractivity contribution in [2.45, 2.75) is 29.9 Å². The topological polar surface area (TPSA) is 115 Å². The van der Waals surface area contributed by atoms with Gasteiger partial charge in [-0.25, -0.2) is 4.39 Å². The van der Waals surface area contributed by atoms with E-state index in [9.17, 15) is 14.0 Å². The molecule has 4 rings (SSSR count). The highest BCUT2D eigenvalue weighted by molar-refractivity contribution is 8.01. The fourth-order valence-electron chi connectivity index (χ4n) is 3.13. The number of thioether (sulfide) groups is 2. The molecular weight excluding hydrogens is 521 g/mol. The van der Waals surface area contributed by atoms with Crippen LogP contribution in [0.25, 0.3) is 5.69 Å². The van der Waals surface area contributed by atoms with Crippen molar-refractivity contribution < 1.29 is 14.0 Å². The number of amides is 2. The Morgan fingerprint density at radius 1 is 1.06 bits per heavy atom. The van der Waals surface area contributed by atoms with Crippen LogP contribution in [0, 0.1) is 12.7 Å². The molecule has 0 saturated heterocycles. The number of carbonyl (C=O) groups is 2. The van der Waals surface area contributed by atoms with E-state index < -0.39 is 0 Å². The summed E-state index contributed by atoms with van der Waals surface area (Å²) < 4.78 is 16.0. The lowest BCUT2D eigenvalue weighted by Crippen LogP contribution is -2.24. The zero-order chi connectivity index (χ0) is 25.5. The molecule has 0 aliphatic heterocycles. The van der Waals surface area contributed by atoms with Crippen molar-refractivity contribution in [1.82, 2.24) is 30.3 Å². The molecule has 0 aliphatic rings. The van der Waals surface area contributed by atoms with E-state index in [0.29, 0.717) is 27.4 Å². The van der Waals surface area contributed by atoms with Gasteiger partial charge >= 0.3 is 0 Å². The number of benzene rings is 2.